The van der Waals surface area contributed by atoms with Crippen LogP contribution in [0.4, 0.5) is 19.3 Å². The van der Waals surface area contributed by atoms with Gasteiger partial charge < -0.3 is 4.74 Å². The summed E-state index contributed by atoms with van der Waals surface area (Å²) in [4.78, 5) is 38.5. The molecule has 11 heteroatoms. The molecule has 0 N–H and O–H groups in total. The molecule has 0 spiro atoms. The lowest BCUT2D eigenvalue weighted by Crippen LogP contribution is -2.41. The lowest BCUT2D eigenvalue weighted by Gasteiger charge is -2.22. The molecule has 0 fully saturated rings. The predicted molar refractivity (Wildman–Crippen MR) is 118 cm³/mol. The average molecular weight is 465 g/mol. The molecule has 0 aliphatic heterocycles. The number of rotatable bonds is 6. The molecule has 0 aliphatic carbocycles. The maximum Gasteiger partial charge on any atom is 0.377 e. The van der Waals surface area contributed by atoms with Gasteiger partial charge in [-0.15, -0.1) is 4.68 Å². The standard InChI is InChI=1S/C23H17F2N5O4/c1-2-28(19-12-11-15(14-31)13-20(19)34-16-7-4-3-5-8-16)22(32)30-23(33)29(26-27-30)21-17(24)9-6-10-18(21)25/h3-14H,2H2,1H3. The molecule has 4 aromatic rings. The molecule has 0 saturated carbocycles. The van der Waals surface area contributed by atoms with E-state index in [0.717, 1.165) is 23.1 Å². The molecule has 34 heavy (non-hydrogen) atoms. The van der Waals surface area contributed by atoms with Gasteiger partial charge in [-0.1, -0.05) is 24.3 Å². The predicted octanol–water partition coefficient (Wildman–Crippen LogP) is 3.81. The molecular weight excluding hydrogens is 448 g/mol. The number of benzene rings is 3. The molecule has 172 valence electrons. The van der Waals surface area contributed by atoms with Crippen molar-refractivity contribution in [1.82, 2.24) is 19.8 Å². The summed E-state index contributed by atoms with van der Waals surface area (Å²) in [5.74, 6) is -1.46. The number of para-hydroxylation sites is 2. The third kappa shape index (κ3) is 4.18. The maximum absolute atomic E-state index is 14.1. The van der Waals surface area contributed by atoms with Gasteiger partial charge in [0.2, 0.25) is 0 Å². The number of amides is 1. The van der Waals surface area contributed by atoms with Crippen LogP contribution < -0.4 is 15.3 Å². The highest BCUT2D eigenvalue weighted by Gasteiger charge is 2.26. The number of carbonyl (C=O) groups is 2. The highest BCUT2D eigenvalue weighted by Crippen LogP contribution is 2.33. The zero-order chi connectivity index (χ0) is 24.2. The Kier molecular flexibility index (Phi) is 6.26. The number of carbonyl (C=O) groups excluding carboxylic acids is 2. The van der Waals surface area contributed by atoms with Crippen molar-refractivity contribution in [3.8, 4) is 17.2 Å². The highest BCUT2D eigenvalue weighted by atomic mass is 19.1. The first-order valence-electron chi connectivity index (χ1n) is 10.1. The van der Waals surface area contributed by atoms with Gasteiger partial charge in [0.1, 0.15) is 17.7 Å². The van der Waals surface area contributed by atoms with E-state index in [9.17, 15) is 23.2 Å². The Balaban J connectivity index is 1.75. The second-order valence-electron chi connectivity index (χ2n) is 6.94. The first-order chi connectivity index (χ1) is 16.4. The van der Waals surface area contributed by atoms with Crippen molar-refractivity contribution in [1.29, 1.82) is 0 Å². The van der Waals surface area contributed by atoms with Crippen molar-refractivity contribution in [3.05, 3.63) is 94.4 Å². The molecule has 0 unspecified atom stereocenters. The third-order valence-corrected chi connectivity index (χ3v) is 4.84. The molecule has 0 radical (unpaired) electrons. The number of hydrogen-bond donors (Lipinski definition) is 0. The van der Waals surface area contributed by atoms with Crippen LogP contribution >= 0.6 is 0 Å². The quantitative estimate of drug-likeness (QED) is 0.317. The van der Waals surface area contributed by atoms with Gasteiger partial charge in [-0.05, 0) is 59.8 Å². The minimum absolute atomic E-state index is 0.0672. The Morgan fingerprint density at radius 3 is 2.38 bits per heavy atom. The number of aromatic nitrogens is 4. The summed E-state index contributed by atoms with van der Waals surface area (Å²) < 4.78 is 34.9. The van der Waals surface area contributed by atoms with E-state index in [4.69, 9.17) is 4.74 Å². The number of halogens is 2. The molecule has 0 saturated heterocycles. The monoisotopic (exact) mass is 465 g/mol. The van der Waals surface area contributed by atoms with Crippen LogP contribution in [-0.4, -0.2) is 38.7 Å². The van der Waals surface area contributed by atoms with Crippen LogP contribution in [-0.2, 0) is 0 Å². The molecule has 3 aromatic carbocycles. The fourth-order valence-corrected chi connectivity index (χ4v) is 3.25. The number of anilines is 1. The molecule has 4 rings (SSSR count). The lowest BCUT2D eigenvalue weighted by atomic mass is 10.2. The first kappa shape index (κ1) is 22.5. The summed E-state index contributed by atoms with van der Waals surface area (Å²) >= 11 is 0. The van der Waals surface area contributed by atoms with E-state index in [-0.39, 0.29) is 18.0 Å². The smallest absolute Gasteiger partial charge is 0.377 e. The Labute approximate surface area is 191 Å². The number of nitrogens with zero attached hydrogens (tertiary/aromatic N) is 5. The van der Waals surface area contributed by atoms with Crippen molar-refractivity contribution in [2.45, 2.75) is 6.92 Å². The van der Waals surface area contributed by atoms with E-state index in [2.05, 4.69) is 10.4 Å². The van der Waals surface area contributed by atoms with Gasteiger partial charge >= 0.3 is 11.7 Å². The van der Waals surface area contributed by atoms with Crippen LogP contribution in [0.3, 0.4) is 0 Å². The van der Waals surface area contributed by atoms with Crippen LogP contribution in [0.1, 0.15) is 17.3 Å². The van der Waals surface area contributed by atoms with Crippen LogP contribution in [0, 0.1) is 11.6 Å². The summed E-state index contributed by atoms with van der Waals surface area (Å²) in [5, 5.41) is 6.98. The van der Waals surface area contributed by atoms with E-state index >= 15 is 0 Å². The summed E-state index contributed by atoms with van der Waals surface area (Å²) in [6, 6.07) is 15.2. The lowest BCUT2D eigenvalue weighted by molar-refractivity contribution is 0.112. The van der Waals surface area contributed by atoms with Gasteiger partial charge in [0.05, 0.1) is 5.69 Å². The maximum atomic E-state index is 14.1. The molecule has 9 nitrogen and oxygen atoms in total. The number of aldehydes is 1. The first-order valence-corrected chi connectivity index (χ1v) is 10.1. The molecule has 1 amide bonds. The summed E-state index contributed by atoms with van der Waals surface area (Å²) in [6.07, 6.45) is 0.624. The molecule has 0 atom stereocenters. The number of hydrogen-bond acceptors (Lipinski definition) is 6. The van der Waals surface area contributed by atoms with E-state index in [0.29, 0.717) is 27.0 Å². The average Bonchev–Trinajstić information content (AvgIpc) is 3.21. The molecular formula is C23H17F2N5O4. The van der Waals surface area contributed by atoms with Crippen molar-refractivity contribution in [2.75, 3.05) is 11.4 Å². The normalized spacial score (nSPS) is 10.7. The van der Waals surface area contributed by atoms with E-state index < -0.39 is 29.0 Å². The molecule has 1 heterocycles. The SMILES string of the molecule is CCN(C(=O)n1nnn(-c2c(F)cccc2F)c1=O)c1ccc(C=O)cc1Oc1ccccc1. The zero-order valence-electron chi connectivity index (χ0n) is 17.8. The Morgan fingerprint density at radius 2 is 1.74 bits per heavy atom. The Bertz CT molecular complexity index is 1400. The van der Waals surface area contributed by atoms with Crippen LogP contribution in [0.25, 0.3) is 5.69 Å². The van der Waals surface area contributed by atoms with Crippen LogP contribution in [0.2, 0.25) is 0 Å². The second kappa shape index (κ2) is 9.45. The van der Waals surface area contributed by atoms with Crippen molar-refractivity contribution in [3.63, 3.8) is 0 Å². The van der Waals surface area contributed by atoms with Gasteiger partial charge in [-0.2, -0.15) is 4.68 Å². The van der Waals surface area contributed by atoms with Crippen LogP contribution in [0.15, 0.2) is 71.5 Å². The molecule has 1 aromatic heterocycles. The Hall–Kier alpha value is -4.67. The second-order valence-corrected chi connectivity index (χ2v) is 6.94. The number of tetrazole rings is 1. The van der Waals surface area contributed by atoms with Crippen molar-refractivity contribution in [2.24, 2.45) is 0 Å². The molecule has 0 aliphatic rings. The van der Waals surface area contributed by atoms with Gasteiger partial charge in [-0.3, -0.25) is 9.69 Å². The van der Waals surface area contributed by atoms with Gasteiger partial charge in [0.15, 0.2) is 17.4 Å². The topological polar surface area (TPSA) is 99.3 Å². The largest absolute Gasteiger partial charge is 0.455 e. The minimum atomic E-state index is -1.16. The minimum Gasteiger partial charge on any atom is -0.455 e. The fourth-order valence-electron chi connectivity index (χ4n) is 3.25. The summed E-state index contributed by atoms with van der Waals surface area (Å²) in [7, 11) is 0. The van der Waals surface area contributed by atoms with E-state index in [1.165, 1.54) is 18.2 Å². The summed E-state index contributed by atoms with van der Waals surface area (Å²) in [6.45, 7) is 1.71. The summed E-state index contributed by atoms with van der Waals surface area (Å²) in [5.41, 5.74) is -1.38. The van der Waals surface area contributed by atoms with E-state index in [1.54, 1.807) is 37.3 Å². The van der Waals surface area contributed by atoms with Gasteiger partial charge in [0.25, 0.3) is 0 Å². The highest BCUT2D eigenvalue weighted by molar-refractivity contribution is 5.95. The van der Waals surface area contributed by atoms with Gasteiger partial charge in [-0.25, -0.2) is 18.4 Å². The Morgan fingerprint density at radius 1 is 1.03 bits per heavy atom. The van der Waals surface area contributed by atoms with Crippen molar-refractivity contribution >= 4 is 18.0 Å². The molecule has 0 bridgehead atoms. The van der Waals surface area contributed by atoms with Crippen LogP contribution in [0.5, 0.6) is 11.5 Å². The van der Waals surface area contributed by atoms with E-state index in [1.807, 2.05) is 0 Å². The number of ether oxygens (including phenoxy) is 1. The zero-order valence-corrected chi connectivity index (χ0v) is 17.8. The fraction of sp³-hybridized carbons (Fsp3) is 0.0870. The third-order valence-electron chi connectivity index (χ3n) is 4.84. The van der Waals surface area contributed by atoms with Gasteiger partial charge in [0, 0.05) is 12.1 Å². The van der Waals surface area contributed by atoms with Crippen molar-refractivity contribution < 1.29 is 23.1 Å².